The van der Waals surface area contributed by atoms with Crippen LogP contribution in [0.4, 0.5) is 4.39 Å². The van der Waals surface area contributed by atoms with E-state index in [0.29, 0.717) is 19.8 Å². The van der Waals surface area contributed by atoms with Crippen LogP contribution in [0.5, 0.6) is 5.75 Å². The van der Waals surface area contributed by atoms with E-state index in [1.54, 1.807) is 6.08 Å². The number of ether oxygens (including phenoxy) is 3. The average molecular weight is 406 g/mol. The molecule has 6 rings (SSSR count). The number of nitrogens with two attached hydrogens (primary N) is 1. The van der Waals surface area contributed by atoms with Crippen molar-refractivity contribution in [2.45, 2.75) is 30.4 Å². The minimum atomic E-state index is -0.653. The maximum atomic E-state index is 14.2. The Hall–Kier alpha value is -2.86. The molecule has 1 saturated heterocycles. The smallest absolute Gasteiger partial charge is 0.283 e. The lowest BCUT2D eigenvalue weighted by Gasteiger charge is -2.66. The Labute approximate surface area is 174 Å². The number of aliphatic imine (C=N–C) groups is 1. The molecule has 3 spiro atoms. The molecule has 154 valence electrons. The van der Waals surface area contributed by atoms with Gasteiger partial charge in [0.1, 0.15) is 29.3 Å². The molecule has 5 aliphatic rings. The summed E-state index contributed by atoms with van der Waals surface area (Å²) in [5.41, 5.74) is 7.41. The third-order valence-electron chi connectivity index (χ3n) is 7.36. The Morgan fingerprint density at radius 3 is 2.60 bits per heavy atom. The van der Waals surface area contributed by atoms with Crippen molar-refractivity contribution in [3.05, 3.63) is 71.6 Å². The molecule has 0 bridgehead atoms. The van der Waals surface area contributed by atoms with Gasteiger partial charge in [0.2, 0.25) is 0 Å². The van der Waals surface area contributed by atoms with Crippen LogP contribution in [0.3, 0.4) is 0 Å². The summed E-state index contributed by atoms with van der Waals surface area (Å²) >= 11 is 0. The van der Waals surface area contributed by atoms with Crippen molar-refractivity contribution >= 4 is 11.6 Å². The van der Waals surface area contributed by atoms with Gasteiger partial charge in [-0.3, -0.25) is 0 Å². The predicted molar refractivity (Wildman–Crippen MR) is 112 cm³/mol. The van der Waals surface area contributed by atoms with Crippen molar-refractivity contribution in [1.82, 2.24) is 0 Å². The average Bonchev–Trinajstić information content (AvgIpc) is 3.04. The van der Waals surface area contributed by atoms with E-state index in [9.17, 15) is 4.39 Å². The fourth-order valence-electron chi connectivity index (χ4n) is 5.56. The Balaban J connectivity index is 1.54. The molecule has 1 aromatic carbocycles. The first-order chi connectivity index (χ1) is 14.6. The Morgan fingerprint density at radius 1 is 1.07 bits per heavy atom. The molecule has 30 heavy (non-hydrogen) atoms. The van der Waals surface area contributed by atoms with Crippen LogP contribution in [0.1, 0.15) is 30.4 Å². The summed E-state index contributed by atoms with van der Waals surface area (Å²) in [4.78, 5) is 4.89. The molecule has 2 fully saturated rings. The van der Waals surface area contributed by atoms with Crippen LogP contribution in [-0.4, -0.2) is 31.4 Å². The largest absolute Gasteiger partial charge is 0.486 e. The molecular formula is C24H23FN2O3. The number of hydrogen-bond acceptors (Lipinski definition) is 5. The van der Waals surface area contributed by atoms with E-state index in [2.05, 4.69) is 6.07 Å². The summed E-state index contributed by atoms with van der Waals surface area (Å²) in [6, 6.07) is 6.22. The second kappa shape index (κ2) is 6.08. The van der Waals surface area contributed by atoms with Gasteiger partial charge in [-0.05, 0) is 54.7 Å². The number of fused-ring (bicyclic) bond motifs is 4. The van der Waals surface area contributed by atoms with Crippen LogP contribution < -0.4 is 10.5 Å². The maximum Gasteiger partial charge on any atom is 0.283 e. The molecular weight excluding hydrogens is 383 g/mol. The van der Waals surface area contributed by atoms with Gasteiger partial charge in [0.15, 0.2) is 0 Å². The van der Waals surface area contributed by atoms with Gasteiger partial charge in [-0.15, -0.1) is 0 Å². The molecule has 0 amide bonds. The standard InChI is InChI=1S/C24H23FN2O3/c25-18-6-3-1-2-5-16(11-18)17-7-8-20-19(12-17)24(15-29-21(26)27-24)22(13-28-14-22)23(30-20)9-4-10-23/h1-3,5-8,11-12H,4,9-10,13-15H2,(H2,26,27)/b2-1+,3-1?,5-2?,6-3+,16-5+,16-11?,18-6?,18-11+. The minimum absolute atomic E-state index is 0.207. The van der Waals surface area contributed by atoms with E-state index in [-0.39, 0.29) is 22.9 Å². The number of allylic oxidation sites excluding steroid dienone is 8. The van der Waals surface area contributed by atoms with Crippen molar-refractivity contribution < 1.29 is 18.6 Å². The third kappa shape index (κ3) is 2.17. The summed E-state index contributed by atoms with van der Waals surface area (Å²) in [7, 11) is 0. The first kappa shape index (κ1) is 18.0. The van der Waals surface area contributed by atoms with Crippen molar-refractivity contribution in [2.24, 2.45) is 16.1 Å². The summed E-state index contributed by atoms with van der Waals surface area (Å²) in [6.45, 7) is 1.51. The highest BCUT2D eigenvalue weighted by Crippen LogP contribution is 2.67. The predicted octanol–water partition coefficient (Wildman–Crippen LogP) is 3.92. The highest BCUT2D eigenvalue weighted by atomic mass is 19.1. The Morgan fingerprint density at radius 2 is 1.93 bits per heavy atom. The van der Waals surface area contributed by atoms with Gasteiger partial charge in [0.05, 0.1) is 18.6 Å². The van der Waals surface area contributed by atoms with E-state index in [0.717, 1.165) is 41.7 Å². The molecule has 6 heteroatoms. The Kier molecular flexibility index (Phi) is 3.64. The first-order valence-corrected chi connectivity index (χ1v) is 10.4. The molecule has 0 aromatic heterocycles. The number of hydrogen-bond donors (Lipinski definition) is 1. The van der Waals surface area contributed by atoms with E-state index >= 15 is 0 Å². The zero-order valence-electron chi connectivity index (χ0n) is 16.6. The van der Waals surface area contributed by atoms with Crippen LogP contribution in [0, 0.1) is 5.41 Å². The molecule has 2 N–H and O–H groups in total. The van der Waals surface area contributed by atoms with E-state index in [4.69, 9.17) is 24.9 Å². The van der Waals surface area contributed by atoms with Crippen LogP contribution in [0.2, 0.25) is 0 Å². The minimum Gasteiger partial charge on any atom is -0.486 e. The van der Waals surface area contributed by atoms with Gasteiger partial charge in [-0.1, -0.05) is 30.4 Å². The fraction of sp³-hybridized carbons (Fsp3) is 0.375. The van der Waals surface area contributed by atoms with Crippen LogP contribution in [-0.2, 0) is 15.0 Å². The Bertz CT molecular complexity index is 1080. The lowest BCUT2D eigenvalue weighted by molar-refractivity contribution is -0.281. The fourth-order valence-corrected chi connectivity index (χ4v) is 5.56. The molecule has 1 saturated carbocycles. The van der Waals surface area contributed by atoms with E-state index in [1.807, 2.05) is 30.4 Å². The SMILES string of the molecule is NC1=NC2(CO1)c1cc(C3=C/C=C/C=C/C(F)=C\3)ccc1OC1(CCC1)C21COC1. The second-order valence-electron chi connectivity index (χ2n) is 8.73. The topological polar surface area (TPSA) is 66.1 Å². The van der Waals surface area contributed by atoms with Gasteiger partial charge in [-0.2, -0.15) is 0 Å². The number of rotatable bonds is 1. The van der Waals surface area contributed by atoms with Crippen molar-refractivity contribution in [2.75, 3.05) is 19.8 Å². The molecule has 1 atom stereocenters. The molecule has 1 unspecified atom stereocenters. The zero-order chi connectivity index (χ0) is 20.4. The summed E-state index contributed by atoms with van der Waals surface area (Å²) < 4.78 is 32.3. The van der Waals surface area contributed by atoms with Gasteiger partial charge in [0, 0.05) is 5.56 Å². The number of halogens is 1. The monoisotopic (exact) mass is 406 g/mol. The van der Waals surface area contributed by atoms with Gasteiger partial charge < -0.3 is 19.9 Å². The molecule has 0 radical (unpaired) electrons. The summed E-state index contributed by atoms with van der Waals surface area (Å²) in [5.74, 6) is 0.516. The van der Waals surface area contributed by atoms with Crippen LogP contribution in [0.15, 0.2) is 65.5 Å². The quantitative estimate of drug-likeness (QED) is 0.768. The van der Waals surface area contributed by atoms with Crippen LogP contribution >= 0.6 is 0 Å². The van der Waals surface area contributed by atoms with Crippen molar-refractivity contribution in [3.8, 4) is 5.75 Å². The van der Waals surface area contributed by atoms with E-state index in [1.165, 1.54) is 12.2 Å². The molecule has 5 nitrogen and oxygen atoms in total. The van der Waals surface area contributed by atoms with Crippen LogP contribution in [0.25, 0.3) is 5.57 Å². The molecule has 3 aliphatic heterocycles. The summed E-state index contributed by atoms with van der Waals surface area (Å²) in [6.07, 6.45) is 13.4. The van der Waals surface area contributed by atoms with E-state index < -0.39 is 5.54 Å². The molecule has 1 aromatic rings. The summed E-state index contributed by atoms with van der Waals surface area (Å²) in [5, 5.41) is 0. The van der Waals surface area contributed by atoms with Gasteiger partial charge >= 0.3 is 0 Å². The number of nitrogens with zero attached hydrogens (tertiary/aromatic N) is 1. The van der Waals surface area contributed by atoms with Crippen molar-refractivity contribution in [3.63, 3.8) is 0 Å². The molecule has 2 aliphatic carbocycles. The number of amidine groups is 1. The lowest BCUT2D eigenvalue weighted by atomic mass is 9.49. The maximum absolute atomic E-state index is 14.2. The highest BCUT2D eigenvalue weighted by molar-refractivity contribution is 5.79. The zero-order valence-corrected chi connectivity index (χ0v) is 16.6. The highest BCUT2D eigenvalue weighted by Gasteiger charge is 2.75. The van der Waals surface area contributed by atoms with Gasteiger partial charge in [-0.25, -0.2) is 9.38 Å². The van der Waals surface area contributed by atoms with Gasteiger partial charge in [0.25, 0.3) is 6.02 Å². The van der Waals surface area contributed by atoms with Crippen molar-refractivity contribution in [1.29, 1.82) is 0 Å². The third-order valence-corrected chi connectivity index (χ3v) is 7.36. The molecule has 3 heterocycles. The lowest BCUT2D eigenvalue weighted by Crippen LogP contribution is -2.75. The first-order valence-electron chi connectivity index (χ1n) is 10.4. The number of benzene rings is 1. The second-order valence-corrected chi connectivity index (χ2v) is 8.73. The normalized spacial score (nSPS) is 35.2.